The Kier molecular flexibility index (Phi) is 9.14. The van der Waals surface area contributed by atoms with Crippen molar-refractivity contribution in [3.63, 3.8) is 0 Å². The lowest BCUT2D eigenvalue weighted by Gasteiger charge is -2.39. The Morgan fingerprint density at radius 2 is 1.77 bits per heavy atom. The van der Waals surface area contributed by atoms with Crippen LogP contribution >= 0.6 is 0 Å². The molecule has 0 spiro atoms. The number of amides is 4. The van der Waals surface area contributed by atoms with Crippen molar-refractivity contribution >= 4 is 18.0 Å². The van der Waals surface area contributed by atoms with Crippen LogP contribution in [0.4, 0.5) is 9.59 Å². The van der Waals surface area contributed by atoms with E-state index in [-0.39, 0.29) is 18.7 Å². The number of nitrogens with zero attached hydrogens (tertiary/aromatic N) is 3. The Morgan fingerprint density at radius 1 is 1.11 bits per heavy atom. The minimum absolute atomic E-state index is 0.0444. The van der Waals surface area contributed by atoms with Crippen molar-refractivity contribution in [2.24, 2.45) is 0 Å². The highest BCUT2D eigenvalue weighted by atomic mass is 16.5. The zero-order chi connectivity index (χ0) is 25.5. The van der Waals surface area contributed by atoms with Gasteiger partial charge in [-0.25, -0.2) is 14.4 Å². The number of benzene rings is 1. The van der Waals surface area contributed by atoms with Crippen LogP contribution in [-0.4, -0.2) is 85.7 Å². The number of rotatable bonds is 8. The molecular formula is C26H39N5O4. The molecule has 1 aromatic rings. The average Bonchev–Trinajstić information content (AvgIpc) is 2.85. The average molecular weight is 486 g/mol. The van der Waals surface area contributed by atoms with Gasteiger partial charge in [-0.15, -0.1) is 0 Å². The number of carbonyl (C=O) groups is 3. The van der Waals surface area contributed by atoms with Crippen LogP contribution in [0.1, 0.15) is 57.2 Å². The van der Waals surface area contributed by atoms with Crippen LogP contribution in [0.15, 0.2) is 35.5 Å². The van der Waals surface area contributed by atoms with Crippen molar-refractivity contribution in [3.8, 4) is 0 Å². The normalized spacial score (nSPS) is 19.1. The molecule has 2 aliphatic rings. The molecular weight excluding hydrogens is 446 g/mol. The Bertz CT molecular complexity index is 936. The molecule has 1 aromatic carbocycles. The first-order chi connectivity index (χ1) is 16.8. The van der Waals surface area contributed by atoms with Crippen LogP contribution in [0, 0.1) is 0 Å². The standard InChI is InChI=1S/C26H39N5O4/c1-6-12-27-25(33)31-15-13-30(14-16-31)17-21-22(24(32)35-7-2)23(28-26(34)29(21)5)20-10-8-19(9-11-20)18(3)4/h8-11,18,23H,6-7,12-17H2,1-5H3,(H,27,33)(H,28,34). The molecule has 4 amide bonds. The first kappa shape index (κ1) is 26.5. The second kappa shape index (κ2) is 12.1. The van der Waals surface area contributed by atoms with Crippen molar-refractivity contribution in [2.45, 2.75) is 46.1 Å². The second-order valence-corrected chi connectivity index (χ2v) is 9.34. The molecule has 9 nitrogen and oxygen atoms in total. The SMILES string of the molecule is CCCNC(=O)N1CCN(CC2=C(C(=O)OCC)C(c3ccc(C(C)C)cc3)NC(=O)N2C)CC1. The summed E-state index contributed by atoms with van der Waals surface area (Å²) in [4.78, 5) is 43.9. The summed E-state index contributed by atoms with van der Waals surface area (Å²) in [5.74, 6) is -0.0423. The third kappa shape index (κ3) is 6.33. The van der Waals surface area contributed by atoms with Gasteiger partial charge in [0, 0.05) is 52.0 Å². The number of carbonyl (C=O) groups excluding carboxylic acids is 3. The largest absolute Gasteiger partial charge is 0.463 e. The number of hydrogen-bond acceptors (Lipinski definition) is 5. The summed E-state index contributed by atoms with van der Waals surface area (Å²) in [6.45, 7) is 11.9. The number of nitrogens with one attached hydrogen (secondary N) is 2. The van der Waals surface area contributed by atoms with E-state index in [4.69, 9.17) is 4.74 Å². The fraction of sp³-hybridized carbons (Fsp3) is 0.577. The van der Waals surface area contributed by atoms with Crippen LogP contribution in [-0.2, 0) is 9.53 Å². The molecule has 1 saturated heterocycles. The second-order valence-electron chi connectivity index (χ2n) is 9.34. The summed E-state index contributed by atoms with van der Waals surface area (Å²) in [6.07, 6.45) is 0.895. The zero-order valence-corrected chi connectivity index (χ0v) is 21.6. The Balaban J connectivity index is 1.86. The molecule has 2 N–H and O–H groups in total. The molecule has 1 fully saturated rings. The maximum absolute atomic E-state index is 13.2. The highest BCUT2D eigenvalue weighted by Gasteiger charge is 2.37. The van der Waals surface area contributed by atoms with Gasteiger partial charge in [-0.05, 0) is 30.4 Å². The molecule has 0 bridgehead atoms. The molecule has 192 valence electrons. The van der Waals surface area contributed by atoms with E-state index in [0.717, 1.165) is 12.0 Å². The van der Waals surface area contributed by atoms with Gasteiger partial charge >= 0.3 is 18.0 Å². The Hall–Kier alpha value is -3.07. The lowest BCUT2D eigenvalue weighted by molar-refractivity contribution is -0.139. The van der Waals surface area contributed by atoms with E-state index in [2.05, 4.69) is 29.4 Å². The summed E-state index contributed by atoms with van der Waals surface area (Å²) < 4.78 is 5.43. The van der Waals surface area contributed by atoms with Crippen LogP contribution in [0.2, 0.25) is 0 Å². The van der Waals surface area contributed by atoms with Crippen molar-refractivity contribution in [1.29, 1.82) is 0 Å². The number of urea groups is 2. The van der Waals surface area contributed by atoms with Gasteiger partial charge in [-0.1, -0.05) is 45.0 Å². The molecule has 0 aliphatic carbocycles. The number of likely N-dealkylation sites (N-methyl/N-ethyl adjacent to an activating group) is 1. The van der Waals surface area contributed by atoms with Crippen LogP contribution < -0.4 is 10.6 Å². The van der Waals surface area contributed by atoms with Gasteiger partial charge in [-0.3, -0.25) is 9.80 Å². The van der Waals surface area contributed by atoms with Crippen molar-refractivity contribution < 1.29 is 19.1 Å². The molecule has 1 atom stereocenters. The number of piperazine rings is 1. The maximum atomic E-state index is 13.2. The topological polar surface area (TPSA) is 94.2 Å². The number of ether oxygens (including phenoxy) is 1. The first-order valence-electron chi connectivity index (χ1n) is 12.6. The van der Waals surface area contributed by atoms with Crippen molar-refractivity contribution in [1.82, 2.24) is 25.3 Å². The van der Waals surface area contributed by atoms with E-state index in [1.165, 1.54) is 10.5 Å². The molecule has 0 radical (unpaired) electrons. The van der Waals surface area contributed by atoms with Crippen LogP contribution in [0.5, 0.6) is 0 Å². The minimum Gasteiger partial charge on any atom is -0.463 e. The lowest BCUT2D eigenvalue weighted by atomic mass is 9.92. The third-order valence-electron chi connectivity index (χ3n) is 6.57. The van der Waals surface area contributed by atoms with Gasteiger partial charge in [0.1, 0.15) is 0 Å². The fourth-order valence-electron chi connectivity index (χ4n) is 4.39. The minimum atomic E-state index is -0.588. The molecule has 0 saturated carbocycles. The van der Waals surface area contributed by atoms with E-state index in [0.29, 0.717) is 56.5 Å². The summed E-state index contributed by atoms with van der Waals surface area (Å²) >= 11 is 0. The van der Waals surface area contributed by atoms with E-state index in [1.807, 2.05) is 36.1 Å². The quantitative estimate of drug-likeness (QED) is 0.552. The van der Waals surface area contributed by atoms with Gasteiger partial charge in [0.2, 0.25) is 0 Å². The molecule has 3 rings (SSSR count). The molecule has 9 heteroatoms. The van der Waals surface area contributed by atoms with Gasteiger partial charge in [-0.2, -0.15) is 0 Å². The highest BCUT2D eigenvalue weighted by Crippen LogP contribution is 2.32. The van der Waals surface area contributed by atoms with Crippen LogP contribution in [0.3, 0.4) is 0 Å². The predicted molar refractivity (Wildman–Crippen MR) is 135 cm³/mol. The maximum Gasteiger partial charge on any atom is 0.338 e. The fourth-order valence-corrected chi connectivity index (χ4v) is 4.39. The summed E-state index contributed by atoms with van der Waals surface area (Å²) in [5.41, 5.74) is 3.12. The van der Waals surface area contributed by atoms with E-state index < -0.39 is 12.0 Å². The lowest BCUT2D eigenvalue weighted by Crippen LogP contribution is -2.54. The van der Waals surface area contributed by atoms with E-state index >= 15 is 0 Å². The summed E-state index contributed by atoms with van der Waals surface area (Å²) in [6, 6.07) is 7.12. The zero-order valence-electron chi connectivity index (χ0n) is 21.6. The monoisotopic (exact) mass is 485 g/mol. The van der Waals surface area contributed by atoms with Crippen molar-refractivity contribution in [3.05, 3.63) is 46.7 Å². The number of hydrogen-bond donors (Lipinski definition) is 2. The van der Waals surface area contributed by atoms with Gasteiger partial charge in [0.15, 0.2) is 0 Å². The van der Waals surface area contributed by atoms with Crippen molar-refractivity contribution in [2.75, 3.05) is 52.9 Å². The van der Waals surface area contributed by atoms with Gasteiger partial charge < -0.3 is 20.3 Å². The molecule has 1 unspecified atom stereocenters. The first-order valence-corrected chi connectivity index (χ1v) is 12.6. The highest BCUT2D eigenvalue weighted by molar-refractivity contribution is 5.95. The van der Waals surface area contributed by atoms with Crippen LogP contribution in [0.25, 0.3) is 0 Å². The molecule has 35 heavy (non-hydrogen) atoms. The molecule has 2 heterocycles. The Labute approximate surface area is 208 Å². The molecule has 2 aliphatic heterocycles. The summed E-state index contributed by atoms with van der Waals surface area (Å²) in [5, 5.41) is 5.90. The van der Waals surface area contributed by atoms with E-state index in [9.17, 15) is 14.4 Å². The summed E-state index contributed by atoms with van der Waals surface area (Å²) in [7, 11) is 1.68. The van der Waals surface area contributed by atoms with Gasteiger partial charge in [0.25, 0.3) is 0 Å². The Morgan fingerprint density at radius 3 is 2.34 bits per heavy atom. The third-order valence-corrected chi connectivity index (χ3v) is 6.57. The predicted octanol–water partition coefficient (Wildman–Crippen LogP) is 3.06. The van der Waals surface area contributed by atoms with Gasteiger partial charge in [0.05, 0.1) is 18.2 Å². The van der Waals surface area contributed by atoms with E-state index in [1.54, 1.807) is 14.0 Å². The molecule has 0 aromatic heterocycles. The number of esters is 1. The smallest absolute Gasteiger partial charge is 0.338 e.